The minimum atomic E-state index is -3.63. The molecular weight excluding hydrogens is 271 g/mol. The number of ether oxygens (including phenoxy) is 1. The summed E-state index contributed by atoms with van der Waals surface area (Å²) in [5.41, 5.74) is 1.00. The minimum absolute atomic E-state index is 0.174. The monoisotopic (exact) mass is 288 g/mol. The first kappa shape index (κ1) is 14.4. The maximum Gasteiger partial charge on any atom is 0.264 e. The van der Waals surface area contributed by atoms with Crippen molar-refractivity contribution >= 4 is 10.1 Å². The Bertz CT molecular complexity index is 503. The fourth-order valence-corrected chi connectivity index (χ4v) is 2.80. The number of benzene rings is 1. The van der Waals surface area contributed by atoms with E-state index < -0.39 is 22.4 Å². The van der Waals surface area contributed by atoms with Crippen LogP contribution in [0, 0.1) is 0 Å². The van der Waals surface area contributed by atoms with Crippen LogP contribution in [0.25, 0.3) is 0 Å². The van der Waals surface area contributed by atoms with Crippen LogP contribution in [0.2, 0.25) is 0 Å². The summed E-state index contributed by atoms with van der Waals surface area (Å²) in [6.45, 7) is 0.393. The third-order valence-corrected chi connectivity index (χ3v) is 3.61. The van der Waals surface area contributed by atoms with E-state index in [-0.39, 0.29) is 18.9 Å². The highest BCUT2D eigenvalue weighted by Gasteiger charge is 2.37. The Kier molecular flexibility index (Phi) is 4.54. The van der Waals surface area contributed by atoms with E-state index in [0.29, 0.717) is 6.61 Å². The van der Waals surface area contributed by atoms with Gasteiger partial charge in [-0.05, 0) is 5.56 Å². The Morgan fingerprint density at radius 1 is 1.26 bits per heavy atom. The third-order valence-electron chi connectivity index (χ3n) is 3.01. The number of hydrogen-bond acceptors (Lipinski definition) is 4. The van der Waals surface area contributed by atoms with Crippen molar-refractivity contribution in [3.8, 4) is 0 Å². The van der Waals surface area contributed by atoms with E-state index in [1.807, 2.05) is 30.3 Å². The van der Waals surface area contributed by atoms with E-state index in [0.717, 1.165) is 11.8 Å². The third kappa shape index (κ3) is 4.56. The number of rotatable bonds is 5. The molecule has 4 nitrogen and oxygen atoms in total. The molecule has 0 aromatic heterocycles. The first-order valence-electron chi connectivity index (χ1n) is 6.12. The van der Waals surface area contributed by atoms with Crippen molar-refractivity contribution in [1.29, 1.82) is 0 Å². The van der Waals surface area contributed by atoms with Crippen LogP contribution in [-0.2, 0) is 25.6 Å². The lowest BCUT2D eigenvalue weighted by Gasteiger charge is -2.12. The highest BCUT2D eigenvalue weighted by molar-refractivity contribution is 7.86. The van der Waals surface area contributed by atoms with Gasteiger partial charge in [0, 0.05) is 12.8 Å². The molecular formula is C13H17FO4S. The van der Waals surface area contributed by atoms with Crippen LogP contribution >= 0.6 is 0 Å². The van der Waals surface area contributed by atoms with E-state index in [2.05, 4.69) is 0 Å². The smallest absolute Gasteiger partial charge is 0.264 e. The van der Waals surface area contributed by atoms with Gasteiger partial charge in [0.2, 0.25) is 0 Å². The zero-order chi connectivity index (χ0) is 13.9. The lowest BCUT2D eigenvalue weighted by Crippen LogP contribution is -2.22. The van der Waals surface area contributed by atoms with Gasteiger partial charge in [-0.3, -0.25) is 4.18 Å². The Hall–Kier alpha value is -0.980. The van der Waals surface area contributed by atoms with Crippen LogP contribution in [0.5, 0.6) is 0 Å². The van der Waals surface area contributed by atoms with Gasteiger partial charge >= 0.3 is 0 Å². The van der Waals surface area contributed by atoms with Gasteiger partial charge in [0.05, 0.1) is 19.0 Å². The molecule has 0 saturated heterocycles. The zero-order valence-corrected chi connectivity index (χ0v) is 11.5. The maximum atomic E-state index is 13.6. The quantitative estimate of drug-likeness (QED) is 0.778. The molecule has 6 heteroatoms. The van der Waals surface area contributed by atoms with Crippen molar-refractivity contribution in [3.63, 3.8) is 0 Å². The molecule has 1 aromatic carbocycles. The van der Waals surface area contributed by atoms with Gasteiger partial charge < -0.3 is 4.74 Å². The average molecular weight is 288 g/mol. The molecule has 2 rings (SSSR count). The van der Waals surface area contributed by atoms with Crippen molar-refractivity contribution in [2.24, 2.45) is 0 Å². The van der Waals surface area contributed by atoms with E-state index in [4.69, 9.17) is 8.92 Å². The van der Waals surface area contributed by atoms with Gasteiger partial charge in [-0.2, -0.15) is 8.42 Å². The van der Waals surface area contributed by atoms with Gasteiger partial charge in [-0.25, -0.2) is 4.39 Å². The first-order chi connectivity index (χ1) is 8.94. The van der Waals surface area contributed by atoms with Crippen LogP contribution in [-0.4, -0.2) is 33.1 Å². The number of hydrogen-bond donors (Lipinski definition) is 0. The summed E-state index contributed by atoms with van der Waals surface area (Å²) in [7, 11) is -3.63. The van der Waals surface area contributed by atoms with Gasteiger partial charge in [-0.15, -0.1) is 0 Å². The Labute approximate surface area is 112 Å². The van der Waals surface area contributed by atoms with Crippen LogP contribution in [0.3, 0.4) is 0 Å². The second-order valence-electron chi connectivity index (χ2n) is 4.74. The largest absolute Gasteiger partial charge is 0.373 e. The predicted molar refractivity (Wildman–Crippen MR) is 68.9 cm³/mol. The van der Waals surface area contributed by atoms with E-state index >= 15 is 0 Å². The summed E-state index contributed by atoms with van der Waals surface area (Å²) in [6, 6.07) is 9.56. The van der Waals surface area contributed by atoms with Gasteiger partial charge in [0.25, 0.3) is 10.1 Å². The number of halogens is 1. The molecule has 3 unspecified atom stereocenters. The van der Waals surface area contributed by atoms with E-state index in [1.54, 1.807) is 0 Å². The fraction of sp³-hybridized carbons (Fsp3) is 0.538. The van der Waals surface area contributed by atoms with Crippen molar-refractivity contribution in [1.82, 2.24) is 0 Å². The average Bonchev–Trinajstić information content (AvgIpc) is 2.67. The number of alkyl halides is 1. The molecule has 0 bridgehead atoms. The summed E-state index contributed by atoms with van der Waals surface area (Å²) < 4.78 is 45.9. The molecule has 1 fully saturated rings. The fourth-order valence-electron chi connectivity index (χ4n) is 2.15. The normalized spacial score (nSPS) is 27.6. The highest BCUT2D eigenvalue weighted by Crippen LogP contribution is 2.29. The SMILES string of the molecule is CS(=O)(=O)OC1CC(OCc2ccccc2)CC1F. The van der Waals surface area contributed by atoms with Crippen molar-refractivity contribution in [2.45, 2.75) is 37.8 Å². The Balaban J connectivity index is 1.84. The Morgan fingerprint density at radius 3 is 2.58 bits per heavy atom. The molecule has 19 heavy (non-hydrogen) atoms. The molecule has 0 spiro atoms. The van der Waals surface area contributed by atoms with E-state index in [9.17, 15) is 12.8 Å². The summed E-state index contributed by atoms with van der Waals surface area (Å²) >= 11 is 0. The van der Waals surface area contributed by atoms with Gasteiger partial charge in [-0.1, -0.05) is 30.3 Å². The summed E-state index contributed by atoms with van der Waals surface area (Å²) in [5.74, 6) is 0. The minimum Gasteiger partial charge on any atom is -0.373 e. The van der Waals surface area contributed by atoms with Crippen molar-refractivity contribution in [2.75, 3.05) is 6.26 Å². The lowest BCUT2D eigenvalue weighted by molar-refractivity contribution is 0.0379. The molecule has 1 aliphatic carbocycles. The molecule has 0 radical (unpaired) electrons. The molecule has 0 aliphatic heterocycles. The summed E-state index contributed by atoms with van der Waals surface area (Å²) in [6.07, 6.45) is -1.15. The molecule has 0 heterocycles. The topological polar surface area (TPSA) is 52.6 Å². The molecule has 1 aliphatic rings. The van der Waals surface area contributed by atoms with Crippen LogP contribution in [0.1, 0.15) is 18.4 Å². The predicted octanol–water partition coefficient (Wildman–Crippen LogP) is 2.05. The van der Waals surface area contributed by atoms with Gasteiger partial charge in [0.15, 0.2) is 0 Å². The molecule has 106 valence electrons. The second kappa shape index (κ2) is 5.98. The summed E-state index contributed by atoms with van der Waals surface area (Å²) in [4.78, 5) is 0. The molecule has 0 amide bonds. The second-order valence-corrected chi connectivity index (χ2v) is 6.35. The molecule has 1 aromatic rings. The first-order valence-corrected chi connectivity index (χ1v) is 7.93. The standard InChI is InChI=1S/C13H17FO4S/c1-19(15,16)18-13-8-11(7-12(13)14)17-9-10-5-3-2-4-6-10/h2-6,11-13H,7-9H2,1H3. The van der Waals surface area contributed by atoms with Crippen LogP contribution in [0.4, 0.5) is 4.39 Å². The zero-order valence-electron chi connectivity index (χ0n) is 10.7. The van der Waals surface area contributed by atoms with Crippen LogP contribution < -0.4 is 0 Å². The lowest BCUT2D eigenvalue weighted by atomic mass is 10.2. The van der Waals surface area contributed by atoms with E-state index in [1.165, 1.54) is 0 Å². The van der Waals surface area contributed by atoms with Crippen molar-refractivity contribution < 1.29 is 21.7 Å². The van der Waals surface area contributed by atoms with Gasteiger partial charge in [0.1, 0.15) is 12.3 Å². The maximum absolute atomic E-state index is 13.6. The molecule has 0 N–H and O–H groups in total. The van der Waals surface area contributed by atoms with Crippen LogP contribution in [0.15, 0.2) is 30.3 Å². The summed E-state index contributed by atoms with van der Waals surface area (Å²) in [5, 5.41) is 0. The van der Waals surface area contributed by atoms with Crippen molar-refractivity contribution in [3.05, 3.63) is 35.9 Å². The molecule has 3 atom stereocenters. The highest BCUT2D eigenvalue weighted by atomic mass is 32.2. The molecule has 1 saturated carbocycles. The Morgan fingerprint density at radius 2 is 1.95 bits per heavy atom.